The molecule has 0 fully saturated rings. The minimum atomic E-state index is -0.384. The van der Waals surface area contributed by atoms with Crippen LogP contribution in [-0.4, -0.2) is 15.4 Å². The fourth-order valence-corrected chi connectivity index (χ4v) is 1.92. The summed E-state index contributed by atoms with van der Waals surface area (Å²) in [5.41, 5.74) is 6.73. The molecule has 1 heterocycles. The monoisotopic (exact) mass is 246 g/mol. The number of halogens is 1. The molecule has 3 N–H and O–H groups in total. The predicted octanol–water partition coefficient (Wildman–Crippen LogP) is 1.92. The summed E-state index contributed by atoms with van der Waals surface area (Å²) in [6.45, 7) is 2.56. The van der Waals surface area contributed by atoms with Crippen molar-refractivity contribution in [2.24, 2.45) is 5.73 Å². The van der Waals surface area contributed by atoms with E-state index in [4.69, 9.17) is 11.1 Å². The van der Waals surface area contributed by atoms with Crippen molar-refractivity contribution >= 4 is 5.84 Å². The van der Waals surface area contributed by atoms with Gasteiger partial charge in [-0.2, -0.15) is 0 Å². The van der Waals surface area contributed by atoms with Gasteiger partial charge in [-0.15, -0.1) is 0 Å². The number of nitrogens with one attached hydrogen (secondary N) is 1. The molecule has 2 aromatic rings. The van der Waals surface area contributed by atoms with E-state index in [9.17, 15) is 4.39 Å². The Balaban J connectivity index is 2.37. The first-order valence-electron chi connectivity index (χ1n) is 5.74. The first kappa shape index (κ1) is 12.3. The molecule has 1 aromatic heterocycles. The number of nitrogen functional groups attached to an aromatic ring is 1. The molecule has 4 nitrogen and oxygen atoms in total. The molecule has 0 saturated heterocycles. The third-order valence-electron chi connectivity index (χ3n) is 2.82. The van der Waals surface area contributed by atoms with Gasteiger partial charge in [-0.1, -0.05) is 13.0 Å². The van der Waals surface area contributed by atoms with Crippen molar-refractivity contribution in [3.8, 4) is 0 Å². The quantitative estimate of drug-likeness (QED) is 0.639. The highest BCUT2D eigenvalue weighted by Crippen LogP contribution is 2.13. The van der Waals surface area contributed by atoms with Crippen LogP contribution in [0.4, 0.5) is 4.39 Å². The Hall–Kier alpha value is -2.17. The lowest BCUT2D eigenvalue weighted by Crippen LogP contribution is -2.16. The number of hydrogen-bond acceptors (Lipinski definition) is 2. The number of amidine groups is 1. The van der Waals surface area contributed by atoms with E-state index in [0.717, 1.165) is 17.8 Å². The number of nitrogens with zero attached hydrogens (tertiary/aromatic N) is 2. The van der Waals surface area contributed by atoms with Crippen LogP contribution in [0.2, 0.25) is 0 Å². The van der Waals surface area contributed by atoms with Crippen molar-refractivity contribution in [3.05, 3.63) is 53.4 Å². The van der Waals surface area contributed by atoms with E-state index >= 15 is 0 Å². The Morgan fingerprint density at radius 1 is 1.50 bits per heavy atom. The highest BCUT2D eigenvalue weighted by atomic mass is 19.1. The van der Waals surface area contributed by atoms with Crippen LogP contribution in [0.25, 0.3) is 0 Å². The van der Waals surface area contributed by atoms with E-state index in [-0.39, 0.29) is 11.7 Å². The maximum atomic E-state index is 13.2. The van der Waals surface area contributed by atoms with Crippen molar-refractivity contribution in [1.82, 2.24) is 9.55 Å². The maximum absolute atomic E-state index is 13.2. The standard InChI is InChI=1S/C13H15FN4/c1-2-12-17-5-6-18(12)8-9-3-4-10(14)7-11(9)13(15)16/h3-7H,2,8H2,1H3,(H3,15,16). The van der Waals surface area contributed by atoms with E-state index < -0.39 is 0 Å². The number of hydrogen-bond donors (Lipinski definition) is 2. The van der Waals surface area contributed by atoms with Crippen LogP contribution in [0.5, 0.6) is 0 Å². The van der Waals surface area contributed by atoms with E-state index in [2.05, 4.69) is 4.98 Å². The van der Waals surface area contributed by atoms with E-state index in [0.29, 0.717) is 12.1 Å². The van der Waals surface area contributed by atoms with Crippen LogP contribution in [0, 0.1) is 11.2 Å². The predicted molar refractivity (Wildman–Crippen MR) is 68.1 cm³/mol. The van der Waals surface area contributed by atoms with Crippen molar-refractivity contribution in [1.29, 1.82) is 5.41 Å². The molecular formula is C13H15FN4. The highest BCUT2D eigenvalue weighted by Gasteiger charge is 2.09. The van der Waals surface area contributed by atoms with Gasteiger partial charge in [-0.05, 0) is 17.7 Å². The maximum Gasteiger partial charge on any atom is 0.123 e. The third kappa shape index (κ3) is 2.40. The van der Waals surface area contributed by atoms with Gasteiger partial charge < -0.3 is 10.3 Å². The lowest BCUT2D eigenvalue weighted by molar-refractivity contribution is 0.625. The largest absolute Gasteiger partial charge is 0.384 e. The van der Waals surface area contributed by atoms with Gasteiger partial charge in [0.2, 0.25) is 0 Å². The van der Waals surface area contributed by atoms with Crippen LogP contribution in [0.1, 0.15) is 23.9 Å². The van der Waals surface area contributed by atoms with Crippen molar-refractivity contribution in [3.63, 3.8) is 0 Å². The number of imidazole rings is 1. The molecule has 0 amide bonds. The molecule has 0 unspecified atom stereocenters. The SMILES string of the molecule is CCc1nccn1Cc1ccc(F)cc1C(=N)N. The molecule has 0 atom stereocenters. The molecule has 94 valence electrons. The zero-order chi connectivity index (χ0) is 13.1. The first-order valence-corrected chi connectivity index (χ1v) is 5.74. The molecule has 0 radical (unpaired) electrons. The summed E-state index contributed by atoms with van der Waals surface area (Å²) in [6, 6.07) is 4.33. The molecule has 2 rings (SSSR count). The Morgan fingerprint density at radius 2 is 2.28 bits per heavy atom. The summed E-state index contributed by atoms with van der Waals surface area (Å²) < 4.78 is 15.1. The van der Waals surface area contributed by atoms with Crippen LogP contribution < -0.4 is 5.73 Å². The molecule has 1 aromatic carbocycles. The molecular weight excluding hydrogens is 231 g/mol. The van der Waals surface area contributed by atoms with Crippen LogP contribution in [-0.2, 0) is 13.0 Å². The number of rotatable bonds is 4. The number of aromatic nitrogens is 2. The Kier molecular flexibility index (Phi) is 3.41. The first-order chi connectivity index (χ1) is 8.61. The van der Waals surface area contributed by atoms with Crippen molar-refractivity contribution in [2.75, 3.05) is 0 Å². The van der Waals surface area contributed by atoms with Gasteiger partial charge in [0.1, 0.15) is 17.5 Å². The van der Waals surface area contributed by atoms with Crippen LogP contribution in [0.3, 0.4) is 0 Å². The summed E-state index contributed by atoms with van der Waals surface area (Å²) in [5.74, 6) is 0.446. The topological polar surface area (TPSA) is 67.7 Å². The molecule has 0 spiro atoms. The second-order valence-corrected chi connectivity index (χ2v) is 4.04. The molecule has 0 aliphatic rings. The number of nitrogens with two attached hydrogens (primary N) is 1. The number of benzene rings is 1. The summed E-state index contributed by atoms with van der Waals surface area (Å²) in [5, 5.41) is 7.49. The van der Waals surface area contributed by atoms with Crippen LogP contribution in [0.15, 0.2) is 30.6 Å². The van der Waals surface area contributed by atoms with Crippen molar-refractivity contribution < 1.29 is 4.39 Å². The van der Waals surface area contributed by atoms with Crippen molar-refractivity contribution in [2.45, 2.75) is 19.9 Å². The zero-order valence-corrected chi connectivity index (χ0v) is 10.2. The van der Waals surface area contributed by atoms with Gasteiger partial charge in [0, 0.05) is 30.9 Å². The van der Waals surface area contributed by atoms with E-state index in [1.807, 2.05) is 17.7 Å². The van der Waals surface area contributed by atoms with Gasteiger partial charge in [0.25, 0.3) is 0 Å². The van der Waals surface area contributed by atoms with Gasteiger partial charge in [0.15, 0.2) is 0 Å². The minimum absolute atomic E-state index is 0.123. The van der Waals surface area contributed by atoms with Gasteiger partial charge in [0.05, 0.1) is 0 Å². The Labute approximate surface area is 105 Å². The smallest absolute Gasteiger partial charge is 0.123 e. The lowest BCUT2D eigenvalue weighted by atomic mass is 10.1. The minimum Gasteiger partial charge on any atom is -0.384 e. The molecule has 18 heavy (non-hydrogen) atoms. The summed E-state index contributed by atoms with van der Waals surface area (Å²) in [4.78, 5) is 4.23. The third-order valence-corrected chi connectivity index (χ3v) is 2.82. The zero-order valence-electron chi connectivity index (χ0n) is 10.2. The highest BCUT2D eigenvalue weighted by molar-refractivity contribution is 5.96. The molecule has 0 bridgehead atoms. The van der Waals surface area contributed by atoms with Crippen LogP contribution >= 0.6 is 0 Å². The normalized spacial score (nSPS) is 10.6. The average Bonchev–Trinajstić information content (AvgIpc) is 2.78. The fraction of sp³-hybridized carbons (Fsp3) is 0.231. The Bertz CT molecular complexity index is 574. The van der Waals surface area contributed by atoms with E-state index in [1.165, 1.54) is 12.1 Å². The summed E-state index contributed by atoms with van der Waals surface area (Å²) in [7, 11) is 0. The molecule has 0 aliphatic heterocycles. The average molecular weight is 246 g/mol. The second kappa shape index (κ2) is 5.00. The lowest BCUT2D eigenvalue weighted by Gasteiger charge is -2.11. The summed E-state index contributed by atoms with van der Waals surface area (Å²) in [6.07, 6.45) is 4.42. The Morgan fingerprint density at radius 3 is 2.94 bits per heavy atom. The molecule has 0 saturated carbocycles. The fourth-order valence-electron chi connectivity index (χ4n) is 1.92. The second-order valence-electron chi connectivity index (χ2n) is 4.04. The van der Waals surface area contributed by atoms with Gasteiger partial charge in [-0.3, -0.25) is 5.41 Å². The van der Waals surface area contributed by atoms with E-state index in [1.54, 1.807) is 12.3 Å². The van der Waals surface area contributed by atoms with Gasteiger partial charge in [-0.25, -0.2) is 9.37 Å². The summed E-state index contributed by atoms with van der Waals surface area (Å²) >= 11 is 0. The van der Waals surface area contributed by atoms with Gasteiger partial charge >= 0.3 is 0 Å². The molecule has 0 aliphatic carbocycles. The molecule has 5 heteroatoms. The number of aryl methyl sites for hydroxylation is 1.